The molecule has 1 rings (SSSR count). The van der Waals surface area contributed by atoms with Crippen LogP contribution in [0.5, 0.6) is 11.5 Å². The van der Waals surface area contributed by atoms with Gasteiger partial charge in [0, 0.05) is 29.8 Å². The van der Waals surface area contributed by atoms with Gasteiger partial charge in [-0.3, -0.25) is 4.90 Å². The van der Waals surface area contributed by atoms with E-state index in [1.54, 1.807) is 14.2 Å². The molecule has 4 heteroatoms. The van der Waals surface area contributed by atoms with Crippen molar-refractivity contribution in [2.75, 3.05) is 27.8 Å². The first-order chi connectivity index (χ1) is 9.35. The largest absolute Gasteiger partial charge is 0.497 e. The maximum atomic E-state index is 6.35. The third-order valence-electron chi connectivity index (χ3n) is 4.21. The molecule has 2 N–H and O–H groups in total. The lowest BCUT2D eigenvalue weighted by molar-refractivity contribution is 0.142. The van der Waals surface area contributed by atoms with Crippen LogP contribution >= 0.6 is 0 Å². The fourth-order valence-electron chi connectivity index (χ4n) is 2.04. The summed E-state index contributed by atoms with van der Waals surface area (Å²) in [5, 5.41) is 0. The van der Waals surface area contributed by atoms with Gasteiger partial charge in [-0.2, -0.15) is 0 Å². The first kappa shape index (κ1) is 16.8. The summed E-state index contributed by atoms with van der Waals surface area (Å²) in [7, 11) is 5.41. The Labute approximate surface area is 122 Å². The molecule has 0 fully saturated rings. The van der Waals surface area contributed by atoms with E-state index in [-0.39, 0.29) is 11.6 Å². The number of nitrogens with two attached hydrogens (primary N) is 1. The molecule has 0 amide bonds. The molecule has 20 heavy (non-hydrogen) atoms. The van der Waals surface area contributed by atoms with Crippen molar-refractivity contribution in [3.63, 3.8) is 0 Å². The van der Waals surface area contributed by atoms with Gasteiger partial charge < -0.3 is 15.2 Å². The van der Waals surface area contributed by atoms with Crippen LogP contribution in [0.3, 0.4) is 0 Å². The zero-order chi connectivity index (χ0) is 15.3. The quantitative estimate of drug-likeness (QED) is 0.834. The van der Waals surface area contributed by atoms with Gasteiger partial charge in [-0.15, -0.1) is 0 Å². The molecule has 0 heterocycles. The van der Waals surface area contributed by atoms with Crippen LogP contribution in [-0.4, -0.2) is 38.3 Å². The molecule has 0 aliphatic rings. The van der Waals surface area contributed by atoms with Crippen LogP contribution in [0, 0.1) is 0 Å². The van der Waals surface area contributed by atoms with E-state index in [4.69, 9.17) is 15.2 Å². The Morgan fingerprint density at radius 3 is 2.40 bits per heavy atom. The highest BCUT2D eigenvalue weighted by molar-refractivity contribution is 5.42. The Bertz CT molecular complexity index is 432. The number of benzene rings is 1. The molecule has 0 spiro atoms. The minimum atomic E-state index is -0.0910. The monoisotopic (exact) mass is 280 g/mol. The molecule has 0 aliphatic carbocycles. The van der Waals surface area contributed by atoms with E-state index in [0.717, 1.165) is 30.0 Å². The average Bonchev–Trinajstić information content (AvgIpc) is 2.46. The summed E-state index contributed by atoms with van der Waals surface area (Å²) in [6.45, 7) is 7.43. The number of nitrogens with zero attached hydrogens (tertiary/aromatic N) is 1. The molecular weight excluding hydrogens is 252 g/mol. The van der Waals surface area contributed by atoms with Crippen LogP contribution in [0.15, 0.2) is 18.2 Å². The maximum Gasteiger partial charge on any atom is 0.127 e. The number of rotatable bonds is 7. The van der Waals surface area contributed by atoms with Crippen LogP contribution in [0.1, 0.15) is 38.8 Å². The van der Waals surface area contributed by atoms with E-state index in [2.05, 4.69) is 32.7 Å². The average molecular weight is 280 g/mol. The molecule has 0 aliphatic heterocycles. The van der Waals surface area contributed by atoms with Gasteiger partial charge in [-0.1, -0.05) is 13.0 Å². The molecule has 4 nitrogen and oxygen atoms in total. The zero-order valence-corrected chi connectivity index (χ0v) is 13.6. The van der Waals surface area contributed by atoms with Crippen molar-refractivity contribution in [3.05, 3.63) is 23.8 Å². The number of hydrogen-bond donors (Lipinski definition) is 1. The molecule has 114 valence electrons. The van der Waals surface area contributed by atoms with E-state index < -0.39 is 0 Å². The van der Waals surface area contributed by atoms with E-state index in [1.807, 2.05) is 18.2 Å². The minimum Gasteiger partial charge on any atom is -0.497 e. The predicted octanol–water partition coefficient (Wildman–Crippen LogP) is 2.82. The Morgan fingerprint density at radius 1 is 1.25 bits per heavy atom. The Hall–Kier alpha value is -1.26. The number of ether oxygens (including phenoxy) is 2. The summed E-state index contributed by atoms with van der Waals surface area (Å²) in [6, 6.07) is 5.68. The van der Waals surface area contributed by atoms with Crippen LogP contribution in [-0.2, 0) is 0 Å². The summed E-state index contributed by atoms with van der Waals surface area (Å²) < 4.78 is 10.6. The third-order valence-corrected chi connectivity index (χ3v) is 4.21. The summed E-state index contributed by atoms with van der Waals surface area (Å²) in [5.74, 6) is 1.56. The predicted molar refractivity (Wildman–Crippen MR) is 83.5 cm³/mol. The lowest BCUT2D eigenvalue weighted by Gasteiger charge is -2.36. The molecule has 0 aromatic heterocycles. The standard InChI is InChI=1S/C16H28N2O2/c1-7-16(2,3)18(4)11-14(17)13-9-8-12(19-5)10-15(13)20-6/h8-10,14H,7,11,17H2,1-6H3. The third kappa shape index (κ3) is 3.87. The van der Waals surface area contributed by atoms with Gasteiger partial charge in [0.05, 0.1) is 14.2 Å². The second-order valence-electron chi connectivity index (χ2n) is 5.76. The fourth-order valence-corrected chi connectivity index (χ4v) is 2.04. The summed E-state index contributed by atoms with van der Waals surface area (Å²) in [5.41, 5.74) is 7.50. The molecule has 0 bridgehead atoms. The fraction of sp³-hybridized carbons (Fsp3) is 0.625. The van der Waals surface area contributed by atoms with Gasteiger partial charge in [0.15, 0.2) is 0 Å². The number of likely N-dealkylation sites (N-methyl/N-ethyl adjacent to an activating group) is 1. The Balaban J connectivity index is 2.89. The lowest BCUT2D eigenvalue weighted by Crippen LogP contribution is -2.44. The van der Waals surface area contributed by atoms with E-state index in [9.17, 15) is 0 Å². The van der Waals surface area contributed by atoms with E-state index >= 15 is 0 Å². The smallest absolute Gasteiger partial charge is 0.127 e. The van der Waals surface area contributed by atoms with Crippen molar-refractivity contribution in [1.29, 1.82) is 0 Å². The van der Waals surface area contributed by atoms with Gasteiger partial charge in [-0.05, 0) is 33.4 Å². The highest BCUT2D eigenvalue weighted by Gasteiger charge is 2.24. The SMILES string of the molecule is CCC(C)(C)N(C)CC(N)c1ccc(OC)cc1OC. The van der Waals surface area contributed by atoms with Crippen LogP contribution in [0.25, 0.3) is 0 Å². The first-order valence-electron chi connectivity index (χ1n) is 7.04. The molecule has 1 aromatic carbocycles. The number of methoxy groups -OCH3 is 2. The van der Waals surface area contributed by atoms with Crippen molar-refractivity contribution in [2.24, 2.45) is 5.73 Å². The second kappa shape index (κ2) is 6.95. The molecule has 0 radical (unpaired) electrons. The highest BCUT2D eigenvalue weighted by atomic mass is 16.5. The normalized spacial score (nSPS) is 13.4. The van der Waals surface area contributed by atoms with E-state index in [0.29, 0.717) is 0 Å². The van der Waals surface area contributed by atoms with Gasteiger partial charge in [0.1, 0.15) is 11.5 Å². The Morgan fingerprint density at radius 2 is 1.90 bits per heavy atom. The van der Waals surface area contributed by atoms with Gasteiger partial charge in [0.2, 0.25) is 0 Å². The molecular formula is C16H28N2O2. The maximum absolute atomic E-state index is 6.35. The second-order valence-corrected chi connectivity index (χ2v) is 5.76. The van der Waals surface area contributed by atoms with Gasteiger partial charge in [0.25, 0.3) is 0 Å². The highest BCUT2D eigenvalue weighted by Crippen LogP contribution is 2.30. The summed E-state index contributed by atoms with van der Waals surface area (Å²) in [6.07, 6.45) is 1.08. The van der Waals surface area contributed by atoms with Crippen molar-refractivity contribution in [2.45, 2.75) is 38.8 Å². The van der Waals surface area contributed by atoms with Gasteiger partial charge >= 0.3 is 0 Å². The molecule has 0 saturated heterocycles. The zero-order valence-electron chi connectivity index (χ0n) is 13.6. The van der Waals surface area contributed by atoms with Crippen molar-refractivity contribution >= 4 is 0 Å². The molecule has 1 unspecified atom stereocenters. The molecule has 1 aromatic rings. The van der Waals surface area contributed by atoms with E-state index in [1.165, 1.54) is 0 Å². The summed E-state index contributed by atoms with van der Waals surface area (Å²) >= 11 is 0. The number of hydrogen-bond acceptors (Lipinski definition) is 4. The Kier molecular flexibility index (Phi) is 5.84. The van der Waals surface area contributed by atoms with Gasteiger partial charge in [-0.25, -0.2) is 0 Å². The lowest BCUT2D eigenvalue weighted by atomic mass is 9.97. The van der Waals surface area contributed by atoms with Crippen LogP contribution < -0.4 is 15.2 Å². The van der Waals surface area contributed by atoms with Crippen LogP contribution in [0.2, 0.25) is 0 Å². The summed E-state index contributed by atoms with van der Waals surface area (Å²) in [4.78, 5) is 2.29. The molecule has 0 saturated carbocycles. The topological polar surface area (TPSA) is 47.7 Å². The van der Waals surface area contributed by atoms with Crippen LogP contribution in [0.4, 0.5) is 0 Å². The van der Waals surface area contributed by atoms with Crippen molar-refractivity contribution in [3.8, 4) is 11.5 Å². The van der Waals surface area contributed by atoms with Crippen molar-refractivity contribution in [1.82, 2.24) is 4.90 Å². The van der Waals surface area contributed by atoms with Crippen molar-refractivity contribution < 1.29 is 9.47 Å². The molecule has 1 atom stereocenters. The first-order valence-corrected chi connectivity index (χ1v) is 7.04. The minimum absolute atomic E-state index is 0.0910.